The Balaban J connectivity index is 1.74. The number of ketones is 2. The number of aliphatic hydroxyl groups is 3. The summed E-state index contributed by atoms with van der Waals surface area (Å²) in [4.78, 5) is 36.5. The molecule has 1 saturated heterocycles. The summed E-state index contributed by atoms with van der Waals surface area (Å²) in [5.41, 5.74) is 1.22. The molecule has 1 fully saturated rings. The van der Waals surface area contributed by atoms with Crippen LogP contribution in [0, 0.1) is 0 Å². The zero-order valence-corrected chi connectivity index (χ0v) is 17.2. The smallest absolute Gasteiger partial charge is 0.209 e. The van der Waals surface area contributed by atoms with Gasteiger partial charge < -0.3 is 20.1 Å². The monoisotopic (exact) mass is 485 g/mol. The number of ether oxygens (including phenoxy) is 1. The number of alkyl halides is 1. The maximum absolute atomic E-state index is 11.9. The van der Waals surface area contributed by atoms with Crippen LogP contribution in [0.25, 0.3) is 16.8 Å². The topological polar surface area (TPSA) is 152 Å². The van der Waals surface area contributed by atoms with Gasteiger partial charge in [-0.2, -0.15) is 0 Å². The first-order valence-corrected chi connectivity index (χ1v) is 10.6. The van der Waals surface area contributed by atoms with Gasteiger partial charge in [0.05, 0.1) is 24.0 Å². The fourth-order valence-electron chi connectivity index (χ4n) is 3.08. The molecule has 154 valence electrons. The minimum Gasteiger partial charge on any atom is -0.394 e. The summed E-state index contributed by atoms with van der Waals surface area (Å²) < 4.78 is 8.65. The highest BCUT2D eigenvalue weighted by Gasteiger charge is 2.44. The van der Waals surface area contributed by atoms with E-state index in [0.29, 0.717) is 22.0 Å². The van der Waals surface area contributed by atoms with Crippen LogP contribution < -0.4 is 0 Å². The average molecular weight is 486 g/mol. The van der Waals surface area contributed by atoms with Crippen molar-refractivity contribution < 1.29 is 29.6 Å². The second-order valence-corrected chi connectivity index (χ2v) is 7.84. The molecule has 0 saturated carbocycles. The fourth-order valence-corrected chi connectivity index (χ4v) is 4.25. The molecule has 0 unspecified atom stereocenters. The van der Waals surface area contributed by atoms with Crippen LogP contribution in [-0.4, -0.2) is 86.8 Å². The third-order valence-electron chi connectivity index (χ3n) is 4.58. The van der Waals surface area contributed by atoms with E-state index in [1.807, 2.05) is 0 Å². The summed E-state index contributed by atoms with van der Waals surface area (Å²) in [7, 11) is 0. The number of nitrogens with zero attached hydrogens (tertiary/aromatic N) is 5. The predicted octanol–water partition coefficient (Wildman–Crippen LogP) is -0.684. The quantitative estimate of drug-likeness (QED) is 0.169. The Labute approximate surface area is 175 Å². The van der Waals surface area contributed by atoms with E-state index >= 15 is 0 Å². The maximum atomic E-state index is 11.9. The number of rotatable bonds is 7. The Morgan fingerprint density at radius 1 is 1.21 bits per heavy atom. The summed E-state index contributed by atoms with van der Waals surface area (Å²) in [6, 6.07) is 0. The van der Waals surface area contributed by atoms with Gasteiger partial charge in [-0.3, -0.25) is 18.6 Å². The number of fused-ring (bicyclic) bond motifs is 3. The van der Waals surface area contributed by atoms with Crippen LogP contribution in [0.4, 0.5) is 0 Å². The highest BCUT2D eigenvalue weighted by molar-refractivity contribution is 9.09. The first kappa shape index (κ1) is 20.4. The van der Waals surface area contributed by atoms with Crippen molar-refractivity contribution in [2.45, 2.75) is 29.7 Å². The number of hydrogen-bond acceptors (Lipinski definition) is 10. The molecule has 29 heavy (non-hydrogen) atoms. The fraction of sp³-hybridized carbons (Fsp3) is 0.438. The van der Waals surface area contributed by atoms with Crippen LogP contribution in [0.3, 0.4) is 0 Å². The van der Waals surface area contributed by atoms with Crippen LogP contribution in [0.5, 0.6) is 0 Å². The zero-order valence-electron chi connectivity index (χ0n) is 14.8. The molecule has 11 nitrogen and oxygen atoms in total. The Morgan fingerprint density at radius 3 is 2.69 bits per heavy atom. The van der Waals surface area contributed by atoms with E-state index in [1.165, 1.54) is 10.9 Å². The van der Waals surface area contributed by atoms with Gasteiger partial charge in [-0.05, 0) is 0 Å². The van der Waals surface area contributed by atoms with Crippen molar-refractivity contribution in [3.05, 3.63) is 18.7 Å². The van der Waals surface area contributed by atoms with Crippen LogP contribution in [-0.2, 0) is 14.3 Å². The number of aliphatic hydroxyl groups excluding tert-OH is 3. The Bertz CT molecular complexity index is 1090. The van der Waals surface area contributed by atoms with E-state index in [1.54, 1.807) is 16.8 Å². The molecule has 1 aliphatic rings. The second-order valence-electron chi connectivity index (χ2n) is 6.34. The molecule has 0 spiro atoms. The van der Waals surface area contributed by atoms with E-state index in [0.717, 1.165) is 11.8 Å². The lowest BCUT2D eigenvalue weighted by atomic mass is 10.1. The van der Waals surface area contributed by atoms with E-state index in [9.17, 15) is 24.9 Å². The molecule has 0 amide bonds. The lowest BCUT2D eigenvalue weighted by Crippen LogP contribution is -2.33. The number of thioether (sulfide) groups is 1. The average Bonchev–Trinajstić information content (AvgIpc) is 3.43. The summed E-state index contributed by atoms with van der Waals surface area (Å²) in [5.74, 6) is -1.17. The third kappa shape index (κ3) is 3.47. The SMILES string of the molecule is O=C(CBr)C(=O)CSc1nc2c(ncn2[C@@H]2O[C@H](CO)[C@@H](O)[C@H]2O)c2nccn12. The van der Waals surface area contributed by atoms with Gasteiger partial charge in [-0.15, -0.1) is 0 Å². The molecule has 0 radical (unpaired) electrons. The van der Waals surface area contributed by atoms with E-state index in [2.05, 4.69) is 30.9 Å². The van der Waals surface area contributed by atoms with E-state index < -0.39 is 42.7 Å². The summed E-state index contributed by atoms with van der Waals surface area (Å²) >= 11 is 4.04. The third-order valence-corrected chi connectivity index (χ3v) is 6.05. The molecule has 13 heteroatoms. The number of imidazole rings is 2. The maximum Gasteiger partial charge on any atom is 0.209 e. The lowest BCUT2D eigenvalue weighted by Gasteiger charge is -2.16. The number of Topliss-reactive ketones (excluding diaryl/α,β-unsaturated/α-hetero) is 2. The molecular weight excluding hydrogens is 470 g/mol. The van der Waals surface area contributed by atoms with Gasteiger partial charge in [0.1, 0.15) is 18.3 Å². The van der Waals surface area contributed by atoms with Crippen molar-refractivity contribution in [2.24, 2.45) is 0 Å². The van der Waals surface area contributed by atoms with Crippen LogP contribution in [0.1, 0.15) is 6.23 Å². The molecule has 4 atom stereocenters. The number of aromatic nitrogens is 5. The van der Waals surface area contributed by atoms with Crippen molar-refractivity contribution in [3.8, 4) is 0 Å². The molecule has 3 N–H and O–H groups in total. The predicted molar refractivity (Wildman–Crippen MR) is 104 cm³/mol. The molecule has 4 rings (SSSR count). The molecule has 0 bridgehead atoms. The number of carbonyl (C=O) groups is 2. The van der Waals surface area contributed by atoms with Gasteiger partial charge in [0.25, 0.3) is 0 Å². The van der Waals surface area contributed by atoms with Gasteiger partial charge in [0, 0.05) is 12.4 Å². The highest BCUT2D eigenvalue weighted by Crippen LogP contribution is 2.32. The largest absolute Gasteiger partial charge is 0.394 e. The van der Waals surface area contributed by atoms with Crippen LogP contribution >= 0.6 is 27.7 Å². The summed E-state index contributed by atoms with van der Waals surface area (Å²) in [5, 5.41) is 30.0. The first-order valence-electron chi connectivity index (χ1n) is 8.53. The summed E-state index contributed by atoms with van der Waals surface area (Å²) in [6.45, 7) is -0.454. The minimum absolute atomic E-state index is 0.0443. The Morgan fingerprint density at radius 2 is 2.00 bits per heavy atom. The van der Waals surface area contributed by atoms with Crippen LogP contribution in [0.15, 0.2) is 23.9 Å². The van der Waals surface area contributed by atoms with Gasteiger partial charge in [-0.1, -0.05) is 27.7 Å². The second kappa shape index (κ2) is 8.08. The normalized spacial score (nSPS) is 24.6. The minimum atomic E-state index is -1.29. The van der Waals surface area contributed by atoms with Crippen molar-refractivity contribution in [1.29, 1.82) is 0 Å². The zero-order chi connectivity index (χ0) is 20.7. The van der Waals surface area contributed by atoms with Gasteiger partial charge in [0.2, 0.25) is 11.6 Å². The lowest BCUT2D eigenvalue weighted by molar-refractivity contribution is -0.133. The molecule has 1 aliphatic heterocycles. The highest BCUT2D eigenvalue weighted by atomic mass is 79.9. The van der Waals surface area contributed by atoms with E-state index in [4.69, 9.17) is 4.74 Å². The van der Waals surface area contributed by atoms with E-state index in [-0.39, 0.29) is 11.1 Å². The van der Waals surface area contributed by atoms with Crippen molar-refractivity contribution in [2.75, 3.05) is 17.7 Å². The molecule has 0 aromatic carbocycles. The molecular formula is C16H16BrN5O6S. The standard InChI is InChI=1S/C16H16BrN5O6S/c17-3-7(24)8(25)5-29-16-20-14-10(13-18-1-2-21(13)16)19-6-22(14)15-12(27)11(26)9(4-23)28-15/h1-2,6,9,11-12,15,23,26-27H,3-5H2/t9-,11-,12-,15-/m1/s1. The van der Waals surface area contributed by atoms with Gasteiger partial charge in [-0.25, -0.2) is 15.0 Å². The number of halogens is 1. The molecule has 3 aromatic heterocycles. The van der Waals surface area contributed by atoms with Crippen molar-refractivity contribution >= 4 is 56.1 Å². The molecule has 0 aliphatic carbocycles. The van der Waals surface area contributed by atoms with Crippen LogP contribution in [0.2, 0.25) is 0 Å². The Hall–Kier alpha value is -1.90. The van der Waals surface area contributed by atoms with Gasteiger partial charge >= 0.3 is 0 Å². The molecule has 4 heterocycles. The van der Waals surface area contributed by atoms with Crippen molar-refractivity contribution in [1.82, 2.24) is 23.9 Å². The first-order chi connectivity index (χ1) is 14.0. The number of hydrogen-bond donors (Lipinski definition) is 3. The Kier molecular flexibility index (Phi) is 5.68. The molecule has 3 aromatic rings. The van der Waals surface area contributed by atoms with Gasteiger partial charge in [0.15, 0.2) is 28.2 Å². The van der Waals surface area contributed by atoms with Crippen molar-refractivity contribution in [3.63, 3.8) is 0 Å². The summed E-state index contributed by atoms with van der Waals surface area (Å²) in [6.07, 6.45) is 0.108. The number of carbonyl (C=O) groups excluding carboxylic acids is 2.